The Bertz CT molecular complexity index is 1340. The van der Waals surface area contributed by atoms with Crippen LogP contribution in [0, 0.1) is 47.4 Å². The molecule has 0 amide bonds. The largest absolute Gasteiger partial charge is 0.0969 e. The molecule has 0 unspecified atom stereocenters. The maximum atomic E-state index is 3.34. The molecule has 1 aliphatic carbocycles. The average Bonchev–Trinajstić information content (AvgIpc) is 2.84. The third-order valence-electron chi connectivity index (χ3n) is 5.49. The van der Waals surface area contributed by atoms with Gasteiger partial charge >= 0.3 is 0 Å². The van der Waals surface area contributed by atoms with Gasteiger partial charge in [-0.05, 0) is 45.8 Å². The Kier molecular flexibility index (Phi) is 5.63. The van der Waals surface area contributed by atoms with Gasteiger partial charge in [0.1, 0.15) is 0 Å². The monoisotopic (exact) mass is 404 g/mol. The summed E-state index contributed by atoms with van der Waals surface area (Å²) in [5.74, 6) is 26.6. The van der Waals surface area contributed by atoms with Crippen LogP contribution in [0.4, 0.5) is 0 Å². The van der Waals surface area contributed by atoms with Crippen LogP contribution < -0.4 is 0 Å². The van der Waals surface area contributed by atoms with E-state index in [0.717, 1.165) is 69.5 Å². The predicted octanol–water partition coefficient (Wildman–Crippen LogP) is 6.67. The minimum Gasteiger partial charge on any atom is -0.0969 e. The molecule has 0 heteroatoms. The zero-order valence-corrected chi connectivity index (χ0v) is 17.8. The van der Waals surface area contributed by atoms with Crippen molar-refractivity contribution in [2.24, 2.45) is 0 Å². The molecule has 4 bridgehead atoms. The summed E-state index contributed by atoms with van der Waals surface area (Å²) in [4.78, 5) is 0. The second kappa shape index (κ2) is 9.20. The van der Waals surface area contributed by atoms with Crippen LogP contribution in [0.3, 0.4) is 0 Å². The summed E-state index contributed by atoms with van der Waals surface area (Å²) in [6.45, 7) is 0. The van der Waals surface area contributed by atoms with Gasteiger partial charge in [-0.15, -0.1) is 0 Å². The molecule has 0 atom stereocenters. The summed E-state index contributed by atoms with van der Waals surface area (Å²) >= 11 is 0. The highest BCUT2D eigenvalue weighted by Crippen LogP contribution is 2.23. The highest BCUT2D eigenvalue weighted by atomic mass is 14.1. The van der Waals surface area contributed by atoms with E-state index in [2.05, 4.69) is 120 Å². The van der Waals surface area contributed by atoms with Crippen LogP contribution in [0.25, 0.3) is 21.5 Å². The second-order valence-corrected chi connectivity index (χ2v) is 7.62. The summed E-state index contributed by atoms with van der Waals surface area (Å²) in [5, 5.41) is 4.60. The fourth-order valence-corrected chi connectivity index (χ4v) is 3.92. The zero-order valence-electron chi connectivity index (χ0n) is 17.8. The molecule has 0 aromatic heterocycles. The molecule has 0 nitrogen and oxygen atoms in total. The van der Waals surface area contributed by atoms with Crippen LogP contribution in [0.2, 0.25) is 0 Å². The van der Waals surface area contributed by atoms with E-state index in [1.165, 1.54) is 0 Å². The van der Waals surface area contributed by atoms with Gasteiger partial charge in [0.05, 0.1) is 0 Å². The van der Waals surface area contributed by atoms with Crippen LogP contribution in [0.15, 0.2) is 72.8 Å². The molecule has 0 heterocycles. The summed E-state index contributed by atoms with van der Waals surface area (Å²) in [6, 6.07) is 25.0. The first-order valence-corrected chi connectivity index (χ1v) is 10.9. The quantitative estimate of drug-likeness (QED) is 0.287. The molecule has 1 aliphatic rings. The Morgan fingerprint density at radius 2 is 0.594 bits per heavy atom. The first-order valence-electron chi connectivity index (χ1n) is 10.9. The standard InChI is InChI=1S/C32H20/c1-2-6-14-26-23-24-28(32-20-12-11-18-30(26)32)16-8-4-3-7-15-27-22-21-25(13-5-1)29-17-9-10-19-31(27)29/h9-12,17-24H,1-4H2. The van der Waals surface area contributed by atoms with Crippen molar-refractivity contribution in [1.29, 1.82) is 0 Å². The lowest BCUT2D eigenvalue weighted by molar-refractivity contribution is 1.12. The molecule has 32 heavy (non-hydrogen) atoms. The minimum absolute atomic E-state index is 0.740. The molecule has 5 rings (SSSR count). The molecule has 4 aromatic carbocycles. The van der Waals surface area contributed by atoms with Crippen molar-refractivity contribution in [2.75, 3.05) is 0 Å². The van der Waals surface area contributed by atoms with Crippen molar-refractivity contribution in [1.82, 2.24) is 0 Å². The molecule has 0 N–H and O–H groups in total. The van der Waals surface area contributed by atoms with Crippen LogP contribution in [0.1, 0.15) is 47.9 Å². The fourth-order valence-electron chi connectivity index (χ4n) is 3.92. The Balaban J connectivity index is 1.57. The van der Waals surface area contributed by atoms with E-state index in [1.54, 1.807) is 0 Å². The molecule has 0 aliphatic heterocycles. The van der Waals surface area contributed by atoms with Crippen molar-refractivity contribution in [3.05, 3.63) is 95.1 Å². The number of hydrogen-bond donors (Lipinski definition) is 0. The van der Waals surface area contributed by atoms with Gasteiger partial charge < -0.3 is 0 Å². The van der Waals surface area contributed by atoms with Gasteiger partial charge in [0, 0.05) is 47.9 Å². The topological polar surface area (TPSA) is 0 Å². The maximum absolute atomic E-state index is 3.34. The normalized spacial score (nSPS) is 12.5. The van der Waals surface area contributed by atoms with Crippen molar-refractivity contribution in [2.45, 2.75) is 25.7 Å². The van der Waals surface area contributed by atoms with Crippen LogP contribution >= 0.6 is 0 Å². The van der Waals surface area contributed by atoms with Gasteiger partial charge in [-0.3, -0.25) is 0 Å². The maximum Gasteiger partial charge on any atom is 0.0324 e. The number of rotatable bonds is 0. The lowest BCUT2D eigenvalue weighted by atomic mass is 9.99. The minimum atomic E-state index is 0.740. The highest BCUT2D eigenvalue weighted by molar-refractivity contribution is 5.93. The summed E-state index contributed by atoms with van der Waals surface area (Å²) in [6.07, 6.45) is 2.96. The Hall–Kier alpha value is -4.36. The average molecular weight is 405 g/mol. The van der Waals surface area contributed by atoms with Crippen LogP contribution in [-0.4, -0.2) is 0 Å². The fraction of sp³-hybridized carbons (Fsp3) is 0.125. The Morgan fingerprint density at radius 3 is 0.844 bits per heavy atom. The zero-order chi connectivity index (χ0) is 21.6. The molecule has 0 radical (unpaired) electrons. The lowest BCUT2D eigenvalue weighted by Crippen LogP contribution is -1.86. The summed E-state index contributed by atoms with van der Waals surface area (Å²) in [5.41, 5.74) is 4.17. The number of hydrogen-bond acceptors (Lipinski definition) is 0. The summed E-state index contributed by atoms with van der Waals surface area (Å²) in [7, 11) is 0. The highest BCUT2D eigenvalue weighted by Gasteiger charge is 2.03. The first kappa shape index (κ1) is 19.6. The van der Waals surface area contributed by atoms with Gasteiger partial charge in [0.2, 0.25) is 0 Å². The number of benzene rings is 4. The molecule has 0 fully saturated rings. The van der Waals surface area contributed by atoms with E-state index in [1.807, 2.05) is 0 Å². The Morgan fingerprint density at radius 1 is 0.344 bits per heavy atom. The molecule has 0 spiro atoms. The first-order chi connectivity index (χ1) is 15.9. The van der Waals surface area contributed by atoms with Crippen LogP contribution in [0.5, 0.6) is 0 Å². The van der Waals surface area contributed by atoms with E-state index in [9.17, 15) is 0 Å². The van der Waals surface area contributed by atoms with Crippen molar-refractivity contribution < 1.29 is 0 Å². The number of fused-ring (bicyclic) bond motifs is 12. The van der Waals surface area contributed by atoms with E-state index in [-0.39, 0.29) is 0 Å². The predicted molar refractivity (Wildman–Crippen MR) is 134 cm³/mol. The third kappa shape index (κ3) is 4.10. The van der Waals surface area contributed by atoms with Crippen molar-refractivity contribution in [3.63, 3.8) is 0 Å². The Labute approximate surface area is 189 Å². The van der Waals surface area contributed by atoms with Crippen LogP contribution in [-0.2, 0) is 0 Å². The molecule has 0 saturated carbocycles. The molecular formula is C32H20. The van der Waals surface area contributed by atoms with E-state index in [0.29, 0.717) is 0 Å². The summed E-state index contributed by atoms with van der Waals surface area (Å²) < 4.78 is 0. The molecule has 4 aromatic rings. The van der Waals surface area contributed by atoms with Gasteiger partial charge in [-0.1, -0.05) is 95.9 Å². The van der Waals surface area contributed by atoms with Crippen molar-refractivity contribution in [3.8, 4) is 47.4 Å². The van der Waals surface area contributed by atoms with Gasteiger partial charge in [-0.2, -0.15) is 0 Å². The molecule has 0 saturated heterocycles. The van der Waals surface area contributed by atoms with E-state index in [4.69, 9.17) is 0 Å². The van der Waals surface area contributed by atoms with Crippen molar-refractivity contribution >= 4 is 21.5 Å². The molecular weight excluding hydrogens is 384 g/mol. The smallest absolute Gasteiger partial charge is 0.0324 e. The van der Waals surface area contributed by atoms with E-state index >= 15 is 0 Å². The third-order valence-corrected chi connectivity index (χ3v) is 5.49. The molecule has 148 valence electrons. The SMILES string of the molecule is C1#Cc2ccc(c3ccccc23)C#CCCC#Cc2ccc(c3ccccc23)C#CCC1. The van der Waals surface area contributed by atoms with Gasteiger partial charge in [0.25, 0.3) is 0 Å². The second-order valence-electron chi connectivity index (χ2n) is 7.62. The van der Waals surface area contributed by atoms with E-state index < -0.39 is 0 Å². The lowest BCUT2D eigenvalue weighted by Gasteiger charge is -2.04. The van der Waals surface area contributed by atoms with Gasteiger partial charge in [-0.25, -0.2) is 0 Å². The van der Waals surface area contributed by atoms with Gasteiger partial charge in [0.15, 0.2) is 0 Å².